The Balaban J connectivity index is 0.000000108. The van der Waals surface area contributed by atoms with E-state index in [-0.39, 0.29) is 29.7 Å². The summed E-state index contributed by atoms with van der Waals surface area (Å²) in [4.78, 5) is 24.9. The van der Waals surface area contributed by atoms with Crippen LogP contribution in [0.4, 0.5) is 0 Å². The van der Waals surface area contributed by atoms with E-state index in [1.54, 1.807) is 12.1 Å². The molecular weight excluding hydrogens is 1120 g/mol. The number of ether oxygens (including phenoxy) is 3. The van der Waals surface area contributed by atoms with E-state index in [1.165, 1.54) is 0 Å². The van der Waals surface area contributed by atoms with Crippen molar-refractivity contribution in [1.29, 1.82) is 0 Å². The molecule has 91 heavy (non-hydrogen) atoms. The van der Waals surface area contributed by atoms with Gasteiger partial charge in [0, 0.05) is 10.9 Å². The average molecular weight is 1180 g/mol. The van der Waals surface area contributed by atoms with Gasteiger partial charge in [-0.05, 0) is 131 Å². The first kappa shape index (κ1) is 46.5. The van der Waals surface area contributed by atoms with Crippen LogP contribution in [0.15, 0.2) is 285 Å². The Morgan fingerprint density at radius 1 is 0.308 bits per heavy atom. The molecule has 0 aliphatic carbocycles. The van der Waals surface area contributed by atoms with Crippen LogP contribution in [0.2, 0.25) is 0 Å². The number of benzene rings is 12. The van der Waals surface area contributed by atoms with Gasteiger partial charge in [0.15, 0.2) is 46.1 Å². The quantitative estimate of drug-likeness (QED) is 0.162. The van der Waals surface area contributed by atoms with Crippen LogP contribution in [-0.2, 0) is 0 Å². The summed E-state index contributed by atoms with van der Waals surface area (Å²) >= 11 is 0. The van der Waals surface area contributed by atoms with Gasteiger partial charge in [-0.2, -0.15) is 0 Å². The summed E-state index contributed by atoms with van der Waals surface area (Å²) < 4.78 is 67.2. The van der Waals surface area contributed by atoms with Crippen LogP contribution >= 0.6 is 0 Å². The summed E-state index contributed by atoms with van der Waals surface area (Å²) in [5.41, 5.74) is 17.0. The standard InChI is InChI=1S/C31H20N2O.C27H15N5O.C21H14N2O/c1-2-7-21(8-3-1)22-13-15-23(16-14-22)24-17-19-25(20-18-24)31-32-26-9-6-12-29-30(26)33(31)27-10-4-5-11-28(27)34-29;1-2-9-17-16(8-1)25-29-18-10-3-4-12-20(18)32(25)27(28-17)26-30-19-11-7-15-23-24(19)31(26)21-13-5-6-14-22(21)33-23;1-2-7-15(8-3-1)13-14-20-22-16-9-6-12-19-21(16)23(20)17-10-4-5-11-18(17)24-19/h1-20H;1-15H;1-14H/b;;14-13+/i1D,2D,3D,7D,8D;;. The molecule has 20 rings (SSSR count). The number of imidazole rings is 4. The highest BCUT2D eigenvalue weighted by Crippen LogP contribution is 2.46. The summed E-state index contributed by atoms with van der Waals surface area (Å²) in [6, 6.07) is 82.5. The molecule has 12 nitrogen and oxygen atoms in total. The molecule has 3 aliphatic rings. The third-order valence-electron chi connectivity index (χ3n) is 16.6. The number of nitrogens with zero attached hydrogens (tertiary/aromatic N) is 9. The minimum absolute atomic E-state index is 0.201. The van der Waals surface area contributed by atoms with Crippen molar-refractivity contribution in [3.05, 3.63) is 296 Å². The van der Waals surface area contributed by atoms with Crippen molar-refractivity contribution in [2.24, 2.45) is 0 Å². The lowest BCUT2D eigenvalue weighted by Crippen LogP contribution is -2.08. The van der Waals surface area contributed by atoms with E-state index >= 15 is 0 Å². The first-order chi connectivity index (χ1) is 47.2. The summed E-state index contributed by atoms with van der Waals surface area (Å²) in [6.07, 6.45) is 4.14. The average Bonchev–Trinajstić information content (AvgIpc) is 1.55. The lowest BCUT2D eigenvalue weighted by molar-refractivity contribution is 0.475. The van der Waals surface area contributed by atoms with E-state index < -0.39 is 6.04 Å². The molecule has 0 radical (unpaired) electrons. The van der Waals surface area contributed by atoms with E-state index in [0.29, 0.717) is 5.56 Å². The Labute approximate surface area is 527 Å². The van der Waals surface area contributed by atoms with Gasteiger partial charge in [0.25, 0.3) is 0 Å². The number of aromatic nitrogens is 9. The SMILES string of the molecule is C(=C\c1nc2cccc3c2n1-c1ccccc1O3)/c1ccccc1.[2H]c1c([2H])c([2H])c(-c2ccc(-c3ccc(-c4nc5cccc6c5n4-c4ccccc4O6)cc3)cc2)c([2H])c1[2H].c1ccc2c(c1)Oc1cccc3nc(-c4nc5ccccc5c5nc6ccccc6n45)n-2c13. The highest BCUT2D eigenvalue weighted by Gasteiger charge is 2.29. The molecule has 0 fully saturated rings. The number of hydrogen-bond donors (Lipinski definition) is 0. The van der Waals surface area contributed by atoms with Crippen LogP contribution in [0.1, 0.15) is 18.2 Å². The third kappa shape index (κ3) is 8.64. The van der Waals surface area contributed by atoms with Gasteiger partial charge in [0.1, 0.15) is 33.8 Å². The highest BCUT2D eigenvalue weighted by molar-refractivity contribution is 6.00. The fourth-order valence-electron chi connectivity index (χ4n) is 12.5. The van der Waals surface area contributed by atoms with Crippen LogP contribution in [-0.4, -0.2) is 43.0 Å². The van der Waals surface area contributed by atoms with Crippen LogP contribution in [0.25, 0.3) is 135 Å². The van der Waals surface area contributed by atoms with Gasteiger partial charge < -0.3 is 14.2 Å². The Hall–Kier alpha value is -12.7. The lowest BCUT2D eigenvalue weighted by Gasteiger charge is -2.21. The van der Waals surface area contributed by atoms with Crippen molar-refractivity contribution < 1.29 is 21.1 Å². The molecular formula is C79H49N9O3. The molecule has 8 heterocycles. The third-order valence-corrected chi connectivity index (χ3v) is 16.6. The van der Waals surface area contributed by atoms with E-state index in [4.69, 9.17) is 46.0 Å². The molecule has 0 saturated heterocycles. The maximum Gasteiger partial charge on any atom is 0.183 e. The molecule has 0 spiro atoms. The Morgan fingerprint density at radius 2 is 0.747 bits per heavy atom. The minimum atomic E-state index is -0.391. The normalized spacial score (nSPS) is 12.9. The Morgan fingerprint density at radius 3 is 1.36 bits per heavy atom. The molecule has 0 unspecified atom stereocenters. The first-order valence-corrected chi connectivity index (χ1v) is 29.7. The van der Waals surface area contributed by atoms with Crippen LogP contribution in [0, 0.1) is 0 Å². The number of rotatable bonds is 6. The van der Waals surface area contributed by atoms with E-state index in [0.717, 1.165) is 158 Å². The molecule has 12 aromatic carbocycles. The largest absolute Gasteiger partial charge is 0.453 e. The van der Waals surface area contributed by atoms with E-state index in [9.17, 15) is 0 Å². The topological polar surface area (TPSA) is 111 Å². The summed E-state index contributed by atoms with van der Waals surface area (Å²) in [7, 11) is 0. The van der Waals surface area contributed by atoms with Crippen molar-refractivity contribution in [3.8, 4) is 96.8 Å². The van der Waals surface area contributed by atoms with E-state index in [2.05, 4.69) is 66.7 Å². The van der Waals surface area contributed by atoms with Gasteiger partial charge in [-0.1, -0.05) is 194 Å². The predicted octanol–water partition coefficient (Wildman–Crippen LogP) is 19.6. The van der Waals surface area contributed by atoms with Crippen LogP contribution < -0.4 is 14.2 Å². The van der Waals surface area contributed by atoms with Crippen LogP contribution in [0.5, 0.6) is 34.5 Å². The van der Waals surface area contributed by atoms with E-state index in [1.807, 2.05) is 206 Å². The molecule has 0 atom stereocenters. The summed E-state index contributed by atoms with van der Waals surface area (Å²) in [6.45, 7) is 0. The first-order valence-electron chi connectivity index (χ1n) is 32.2. The van der Waals surface area contributed by atoms with Gasteiger partial charge in [0.05, 0.1) is 57.0 Å². The maximum atomic E-state index is 8.24. The second kappa shape index (κ2) is 21.0. The zero-order chi connectivity index (χ0) is 64.3. The molecule has 12 heteroatoms. The molecule has 0 saturated carbocycles. The molecule has 3 aliphatic heterocycles. The van der Waals surface area contributed by atoms with Gasteiger partial charge >= 0.3 is 0 Å². The van der Waals surface area contributed by atoms with Crippen molar-refractivity contribution in [1.82, 2.24) is 43.0 Å². The van der Waals surface area contributed by atoms with Gasteiger partial charge in [-0.15, -0.1) is 0 Å². The zero-order valence-electron chi connectivity index (χ0n) is 53.2. The molecule has 428 valence electrons. The Kier molecular flexibility index (Phi) is 10.8. The number of para-hydroxylation sites is 12. The predicted molar refractivity (Wildman–Crippen MR) is 362 cm³/mol. The second-order valence-corrected chi connectivity index (χ2v) is 22.0. The molecule has 0 N–H and O–H groups in total. The summed E-state index contributed by atoms with van der Waals surface area (Å²) in [5.74, 6) is 8.08. The van der Waals surface area contributed by atoms with Gasteiger partial charge in [-0.3, -0.25) is 18.1 Å². The van der Waals surface area contributed by atoms with Crippen molar-refractivity contribution in [3.63, 3.8) is 0 Å². The van der Waals surface area contributed by atoms with Crippen molar-refractivity contribution >= 4 is 72.8 Å². The molecule has 17 aromatic rings. The number of fused-ring (bicyclic) bond motifs is 11. The monoisotopic (exact) mass is 1180 g/mol. The summed E-state index contributed by atoms with van der Waals surface area (Å²) in [5, 5.41) is 1.01. The molecule has 5 aromatic heterocycles. The maximum absolute atomic E-state index is 8.24. The molecule has 0 bridgehead atoms. The zero-order valence-corrected chi connectivity index (χ0v) is 48.2. The van der Waals surface area contributed by atoms with Crippen molar-refractivity contribution in [2.75, 3.05) is 0 Å². The second-order valence-electron chi connectivity index (χ2n) is 22.0. The fourth-order valence-corrected chi connectivity index (χ4v) is 12.5. The van der Waals surface area contributed by atoms with Crippen LogP contribution in [0.3, 0.4) is 0 Å². The fraction of sp³-hybridized carbons (Fsp3) is 0. The minimum Gasteiger partial charge on any atom is -0.453 e. The highest BCUT2D eigenvalue weighted by atomic mass is 16.5. The molecule has 0 amide bonds. The van der Waals surface area contributed by atoms with Gasteiger partial charge in [-0.25, -0.2) is 24.9 Å². The van der Waals surface area contributed by atoms with Crippen molar-refractivity contribution in [2.45, 2.75) is 0 Å². The Bertz CT molecular complexity index is 6050. The smallest absolute Gasteiger partial charge is 0.183 e. The number of hydrogen-bond acceptors (Lipinski definition) is 8. The lowest BCUT2D eigenvalue weighted by atomic mass is 9.99. The van der Waals surface area contributed by atoms with Gasteiger partial charge in [0.2, 0.25) is 0 Å².